The van der Waals surface area contributed by atoms with Gasteiger partial charge in [0.05, 0.1) is 11.9 Å². The summed E-state index contributed by atoms with van der Waals surface area (Å²) in [6.07, 6.45) is 2.85. The summed E-state index contributed by atoms with van der Waals surface area (Å²) in [6.45, 7) is 0. The zero-order chi connectivity index (χ0) is 5.82. The average molecular weight is 111 g/mol. The first-order chi connectivity index (χ1) is 3.93. The molecule has 0 amide bonds. The van der Waals surface area contributed by atoms with Crippen LogP contribution in [0, 0.1) is 0 Å². The maximum absolute atomic E-state index is 7.96. The van der Waals surface area contributed by atoms with Crippen LogP contribution >= 0.6 is 0 Å². The Balaban J connectivity index is 2.77. The van der Waals surface area contributed by atoms with Crippen molar-refractivity contribution in [2.75, 3.05) is 0 Å². The van der Waals surface area contributed by atoms with Crippen molar-refractivity contribution in [2.24, 2.45) is 5.16 Å². The van der Waals surface area contributed by atoms with E-state index in [4.69, 9.17) is 5.21 Å². The molecular formula is C4H5N3O. The minimum Gasteiger partial charge on any atom is -0.411 e. The highest BCUT2D eigenvalue weighted by molar-refractivity contribution is 5.75. The van der Waals surface area contributed by atoms with Gasteiger partial charge in [-0.05, 0) is 6.07 Å². The predicted molar refractivity (Wildman–Crippen MR) is 28.0 cm³/mol. The summed E-state index contributed by atoms with van der Waals surface area (Å²) in [7, 11) is 0. The lowest BCUT2D eigenvalue weighted by atomic mass is 10.5. The number of aromatic nitrogens is 2. The minimum absolute atomic E-state index is 0.688. The lowest BCUT2D eigenvalue weighted by molar-refractivity contribution is 0.321. The molecule has 0 aliphatic carbocycles. The molecule has 0 saturated carbocycles. The van der Waals surface area contributed by atoms with Gasteiger partial charge >= 0.3 is 0 Å². The number of hydrogen-bond donors (Lipinski definition) is 2. The van der Waals surface area contributed by atoms with Crippen molar-refractivity contribution in [2.45, 2.75) is 0 Å². The van der Waals surface area contributed by atoms with Gasteiger partial charge in [0, 0.05) is 6.20 Å². The molecule has 0 aliphatic rings. The van der Waals surface area contributed by atoms with Crippen molar-refractivity contribution in [3.63, 3.8) is 0 Å². The van der Waals surface area contributed by atoms with Gasteiger partial charge in [0.15, 0.2) is 0 Å². The van der Waals surface area contributed by atoms with Crippen LogP contribution in [0.25, 0.3) is 0 Å². The number of rotatable bonds is 1. The Labute approximate surface area is 45.8 Å². The number of oxime groups is 1. The van der Waals surface area contributed by atoms with Crippen LogP contribution in [0.4, 0.5) is 0 Å². The number of aromatic amines is 1. The monoisotopic (exact) mass is 111 g/mol. The molecule has 4 nitrogen and oxygen atoms in total. The highest BCUT2D eigenvalue weighted by Crippen LogP contribution is 1.83. The highest BCUT2D eigenvalue weighted by atomic mass is 16.4. The van der Waals surface area contributed by atoms with Gasteiger partial charge < -0.3 is 5.21 Å². The maximum atomic E-state index is 7.96. The first-order valence-corrected chi connectivity index (χ1v) is 2.10. The third-order valence-corrected chi connectivity index (χ3v) is 0.719. The van der Waals surface area contributed by atoms with E-state index in [1.165, 1.54) is 6.21 Å². The van der Waals surface area contributed by atoms with Gasteiger partial charge in [-0.25, -0.2) is 0 Å². The van der Waals surface area contributed by atoms with E-state index in [1.807, 2.05) is 0 Å². The van der Waals surface area contributed by atoms with Gasteiger partial charge in [0.2, 0.25) is 0 Å². The second kappa shape index (κ2) is 2.11. The van der Waals surface area contributed by atoms with E-state index < -0.39 is 0 Å². The van der Waals surface area contributed by atoms with Crippen molar-refractivity contribution < 1.29 is 5.21 Å². The number of nitrogens with one attached hydrogen (secondary N) is 1. The van der Waals surface area contributed by atoms with E-state index in [0.29, 0.717) is 5.69 Å². The lowest BCUT2D eigenvalue weighted by Crippen LogP contribution is -1.78. The Morgan fingerprint density at radius 1 is 1.88 bits per heavy atom. The maximum Gasteiger partial charge on any atom is 0.0912 e. The molecule has 0 aliphatic heterocycles. The zero-order valence-electron chi connectivity index (χ0n) is 4.07. The molecule has 0 radical (unpaired) electrons. The molecule has 1 aromatic rings. The largest absolute Gasteiger partial charge is 0.411 e. The molecule has 1 aromatic heterocycles. The fraction of sp³-hybridized carbons (Fsp3) is 0. The van der Waals surface area contributed by atoms with Crippen molar-refractivity contribution >= 4 is 6.21 Å². The van der Waals surface area contributed by atoms with E-state index in [9.17, 15) is 0 Å². The third-order valence-electron chi connectivity index (χ3n) is 0.719. The summed E-state index contributed by atoms with van der Waals surface area (Å²) in [5.41, 5.74) is 0.688. The molecule has 1 rings (SSSR count). The van der Waals surface area contributed by atoms with Crippen LogP contribution in [-0.4, -0.2) is 21.6 Å². The summed E-state index contributed by atoms with van der Waals surface area (Å²) in [4.78, 5) is 0. The minimum atomic E-state index is 0.688. The molecule has 0 aromatic carbocycles. The first kappa shape index (κ1) is 4.83. The second-order valence-electron chi connectivity index (χ2n) is 1.26. The molecular weight excluding hydrogens is 106 g/mol. The fourth-order valence-corrected chi connectivity index (χ4v) is 0.401. The van der Waals surface area contributed by atoms with Crippen molar-refractivity contribution in [1.82, 2.24) is 10.2 Å². The first-order valence-electron chi connectivity index (χ1n) is 2.10. The molecule has 2 N–H and O–H groups in total. The smallest absolute Gasteiger partial charge is 0.0912 e. The number of hydrogen-bond acceptors (Lipinski definition) is 3. The molecule has 42 valence electrons. The fourth-order valence-electron chi connectivity index (χ4n) is 0.401. The summed E-state index contributed by atoms with van der Waals surface area (Å²) in [5.74, 6) is 0. The van der Waals surface area contributed by atoms with Gasteiger partial charge in [-0.2, -0.15) is 5.10 Å². The van der Waals surface area contributed by atoms with Crippen LogP contribution in [-0.2, 0) is 0 Å². The quantitative estimate of drug-likeness (QED) is 0.309. The van der Waals surface area contributed by atoms with Gasteiger partial charge in [-0.3, -0.25) is 5.10 Å². The molecule has 8 heavy (non-hydrogen) atoms. The van der Waals surface area contributed by atoms with Crippen LogP contribution in [0.2, 0.25) is 0 Å². The van der Waals surface area contributed by atoms with Gasteiger partial charge in [0.25, 0.3) is 0 Å². The van der Waals surface area contributed by atoms with Gasteiger partial charge in [0.1, 0.15) is 0 Å². The van der Waals surface area contributed by atoms with Crippen LogP contribution in [0.1, 0.15) is 5.69 Å². The molecule has 0 fully saturated rings. The van der Waals surface area contributed by atoms with E-state index in [2.05, 4.69) is 15.4 Å². The summed E-state index contributed by atoms with van der Waals surface area (Å²) < 4.78 is 0. The zero-order valence-corrected chi connectivity index (χ0v) is 4.07. The van der Waals surface area contributed by atoms with E-state index in [-0.39, 0.29) is 0 Å². The number of H-pyrrole nitrogens is 1. The van der Waals surface area contributed by atoms with Crippen LogP contribution in [0.5, 0.6) is 0 Å². The molecule has 1 heterocycles. The Bertz CT molecular complexity index is 167. The van der Waals surface area contributed by atoms with Crippen LogP contribution in [0.3, 0.4) is 0 Å². The van der Waals surface area contributed by atoms with Crippen molar-refractivity contribution in [1.29, 1.82) is 0 Å². The van der Waals surface area contributed by atoms with Crippen molar-refractivity contribution in [3.8, 4) is 0 Å². The number of nitrogens with zero attached hydrogens (tertiary/aromatic N) is 2. The Hall–Kier alpha value is -1.32. The highest BCUT2D eigenvalue weighted by Gasteiger charge is 1.82. The Morgan fingerprint density at radius 3 is 3.25 bits per heavy atom. The Kier molecular flexibility index (Phi) is 1.27. The topological polar surface area (TPSA) is 61.3 Å². The second-order valence-corrected chi connectivity index (χ2v) is 1.26. The molecule has 0 saturated heterocycles. The SMILES string of the molecule is ON=Cc1ccn[nH]1. The molecule has 0 atom stereocenters. The molecule has 0 bridgehead atoms. The van der Waals surface area contributed by atoms with E-state index in [1.54, 1.807) is 12.3 Å². The van der Waals surface area contributed by atoms with Crippen LogP contribution in [0.15, 0.2) is 17.4 Å². The third kappa shape index (κ3) is 0.841. The van der Waals surface area contributed by atoms with Gasteiger partial charge in [-0.15, -0.1) is 0 Å². The predicted octanol–water partition coefficient (Wildman–Crippen LogP) is 0.218. The summed E-state index contributed by atoms with van der Waals surface area (Å²) in [6, 6.07) is 1.69. The van der Waals surface area contributed by atoms with E-state index >= 15 is 0 Å². The van der Waals surface area contributed by atoms with E-state index in [0.717, 1.165) is 0 Å². The lowest BCUT2D eigenvalue weighted by Gasteiger charge is -1.74. The summed E-state index contributed by atoms with van der Waals surface area (Å²) >= 11 is 0. The summed E-state index contributed by atoms with van der Waals surface area (Å²) in [5, 5.41) is 16.9. The van der Waals surface area contributed by atoms with Gasteiger partial charge in [-0.1, -0.05) is 5.16 Å². The normalized spacial score (nSPS) is 10.5. The van der Waals surface area contributed by atoms with Crippen LogP contribution < -0.4 is 0 Å². The molecule has 4 heteroatoms. The Morgan fingerprint density at radius 2 is 2.75 bits per heavy atom. The average Bonchev–Trinajstić information content (AvgIpc) is 2.19. The molecule has 0 unspecified atom stereocenters. The standard InChI is InChI=1S/C4H5N3O/c8-6-3-4-1-2-5-7-4/h1-3,8H,(H,5,7). The molecule has 0 spiro atoms. The van der Waals surface area contributed by atoms with Crippen molar-refractivity contribution in [3.05, 3.63) is 18.0 Å².